The molecular weight excluding hydrogens is 344 g/mol. The number of amides is 1. The Morgan fingerprint density at radius 1 is 1.07 bits per heavy atom. The van der Waals surface area contributed by atoms with Crippen LogP contribution < -0.4 is 5.32 Å². The molecule has 0 aliphatic heterocycles. The number of rotatable bonds is 6. The molecule has 1 amide bonds. The average molecular weight is 370 g/mol. The van der Waals surface area contributed by atoms with Gasteiger partial charge in [-0.25, -0.2) is 14.5 Å². The first-order chi connectivity index (χ1) is 13.2. The van der Waals surface area contributed by atoms with Gasteiger partial charge in [0.05, 0.1) is 12.1 Å². The Labute approximate surface area is 159 Å². The second-order valence-corrected chi connectivity index (χ2v) is 6.98. The summed E-state index contributed by atoms with van der Waals surface area (Å²) in [6, 6.07) is 7.27. The van der Waals surface area contributed by atoms with Crippen LogP contribution in [0.4, 0.5) is 0 Å². The topological polar surface area (TPSA) is 86.1 Å². The summed E-state index contributed by atoms with van der Waals surface area (Å²) in [4.78, 5) is 28.1. The molecule has 1 aromatic carbocycles. The Balaban J connectivity index is 1.43. The van der Waals surface area contributed by atoms with Crippen LogP contribution in [0.2, 0.25) is 0 Å². The monoisotopic (exact) mass is 370 g/mol. The van der Waals surface area contributed by atoms with Crippen LogP contribution in [0.5, 0.6) is 0 Å². The summed E-state index contributed by atoms with van der Waals surface area (Å²) >= 11 is 0. The standard InChI is InChI=1S/C20H26N4O3/c25-19(23-18-6-4-2-1-3-5-7-18)13-27-20(26)17-10-8-16(9-11-17)12-24-15-21-14-22-24/h8-11,14-15,18H,1-7,12-13H2,(H,23,25). The SMILES string of the molecule is O=C(COC(=O)c1ccc(Cn2cncn2)cc1)NC1CCCCCCC1. The average Bonchev–Trinajstić information content (AvgIpc) is 3.15. The third-order valence-electron chi connectivity index (χ3n) is 4.81. The van der Waals surface area contributed by atoms with Crippen LogP contribution in [0, 0.1) is 0 Å². The molecule has 1 heterocycles. The number of hydrogen-bond donors (Lipinski definition) is 1. The quantitative estimate of drug-likeness (QED) is 0.790. The van der Waals surface area contributed by atoms with E-state index >= 15 is 0 Å². The number of esters is 1. The van der Waals surface area contributed by atoms with Crippen LogP contribution in [0.3, 0.4) is 0 Å². The van der Waals surface area contributed by atoms with Gasteiger partial charge in [-0.15, -0.1) is 0 Å². The number of hydrogen-bond acceptors (Lipinski definition) is 5. The zero-order valence-electron chi connectivity index (χ0n) is 15.5. The molecule has 0 unspecified atom stereocenters. The number of nitrogens with one attached hydrogen (secondary N) is 1. The van der Waals surface area contributed by atoms with E-state index in [9.17, 15) is 9.59 Å². The first kappa shape index (κ1) is 19.1. The molecule has 3 rings (SSSR count). The first-order valence-electron chi connectivity index (χ1n) is 9.58. The van der Waals surface area contributed by atoms with Crippen molar-refractivity contribution in [3.05, 3.63) is 48.0 Å². The van der Waals surface area contributed by atoms with Crippen molar-refractivity contribution in [2.75, 3.05) is 6.61 Å². The van der Waals surface area contributed by atoms with Crippen molar-refractivity contribution < 1.29 is 14.3 Å². The number of nitrogens with zero attached hydrogens (tertiary/aromatic N) is 3. The highest BCUT2D eigenvalue weighted by molar-refractivity contribution is 5.91. The lowest BCUT2D eigenvalue weighted by atomic mass is 9.97. The van der Waals surface area contributed by atoms with Crippen molar-refractivity contribution in [2.45, 2.75) is 57.5 Å². The highest BCUT2D eigenvalue weighted by atomic mass is 16.5. The Bertz CT molecular complexity index is 720. The van der Waals surface area contributed by atoms with Gasteiger partial charge in [-0.2, -0.15) is 5.10 Å². The van der Waals surface area contributed by atoms with Crippen molar-refractivity contribution in [3.63, 3.8) is 0 Å². The van der Waals surface area contributed by atoms with Crippen molar-refractivity contribution in [1.29, 1.82) is 0 Å². The lowest BCUT2D eigenvalue weighted by molar-refractivity contribution is -0.125. The molecule has 1 aliphatic carbocycles. The molecule has 7 heteroatoms. The maximum Gasteiger partial charge on any atom is 0.338 e. The van der Waals surface area contributed by atoms with Gasteiger partial charge in [0, 0.05) is 6.04 Å². The van der Waals surface area contributed by atoms with E-state index in [4.69, 9.17) is 4.74 Å². The summed E-state index contributed by atoms with van der Waals surface area (Å²) in [5.41, 5.74) is 1.43. The predicted molar refractivity (Wildman–Crippen MR) is 100 cm³/mol. The van der Waals surface area contributed by atoms with E-state index in [0.29, 0.717) is 12.1 Å². The highest BCUT2D eigenvalue weighted by Gasteiger charge is 2.16. The van der Waals surface area contributed by atoms with Crippen molar-refractivity contribution in [2.24, 2.45) is 0 Å². The number of carbonyl (C=O) groups excluding carboxylic acids is 2. The zero-order chi connectivity index (χ0) is 18.9. The Morgan fingerprint density at radius 3 is 2.44 bits per heavy atom. The normalized spacial score (nSPS) is 15.6. The molecule has 0 radical (unpaired) electrons. The van der Waals surface area contributed by atoms with Gasteiger partial charge in [-0.05, 0) is 30.5 Å². The predicted octanol–water partition coefficient (Wildman–Crippen LogP) is 2.71. The van der Waals surface area contributed by atoms with Gasteiger partial charge in [-0.1, -0.05) is 44.2 Å². The first-order valence-corrected chi connectivity index (χ1v) is 9.58. The van der Waals surface area contributed by atoms with Crippen LogP contribution in [0.25, 0.3) is 0 Å². The highest BCUT2D eigenvalue weighted by Crippen LogP contribution is 2.17. The second-order valence-electron chi connectivity index (χ2n) is 6.98. The van der Waals surface area contributed by atoms with Crippen LogP contribution in [-0.2, 0) is 16.1 Å². The maximum absolute atomic E-state index is 12.1. The third-order valence-corrected chi connectivity index (χ3v) is 4.81. The maximum atomic E-state index is 12.1. The van der Waals surface area contributed by atoms with Crippen molar-refractivity contribution >= 4 is 11.9 Å². The van der Waals surface area contributed by atoms with E-state index in [0.717, 1.165) is 31.2 Å². The minimum atomic E-state index is -0.491. The summed E-state index contributed by atoms with van der Waals surface area (Å²) in [6.45, 7) is 0.342. The van der Waals surface area contributed by atoms with Crippen LogP contribution in [0.15, 0.2) is 36.9 Å². The number of benzene rings is 1. The Hall–Kier alpha value is -2.70. The van der Waals surface area contributed by atoms with Gasteiger partial charge in [-0.3, -0.25) is 4.79 Å². The van der Waals surface area contributed by atoms with E-state index in [1.807, 2.05) is 12.1 Å². The summed E-state index contributed by atoms with van der Waals surface area (Å²) in [7, 11) is 0. The molecule has 1 aliphatic rings. The Kier molecular flexibility index (Phi) is 6.96. The van der Waals surface area contributed by atoms with Crippen molar-refractivity contribution in [3.8, 4) is 0 Å². The van der Waals surface area contributed by atoms with Gasteiger partial charge in [0.2, 0.25) is 0 Å². The van der Waals surface area contributed by atoms with E-state index < -0.39 is 5.97 Å². The van der Waals surface area contributed by atoms with E-state index in [1.165, 1.54) is 25.6 Å². The molecule has 0 saturated heterocycles. The largest absolute Gasteiger partial charge is 0.452 e. The summed E-state index contributed by atoms with van der Waals surface area (Å²) in [6.07, 6.45) is 11.2. The van der Waals surface area contributed by atoms with Gasteiger partial charge in [0.1, 0.15) is 12.7 Å². The molecule has 0 bridgehead atoms. The second kappa shape index (κ2) is 9.85. The molecule has 1 saturated carbocycles. The molecule has 7 nitrogen and oxygen atoms in total. The fraction of sp³-hybridized carbons (Fsp3) is 0.500. The van der Waals surface area contributed by atoms with Gasteiger partial charge in [0.25, 0.3) is 5.91 Å². The molecule has 27 heavy (non-hydrogen) atoms. The molecule has 1 fully saturated rings. The molecule has 0 atom stereocenters. The number of aromatic nitrogens is 3. The minimum Gasteiger partial charge on any atom is -0.452 e. The number of ether oxygens (including phenoxy) is 1. The Morgan fingerprint density at radius 2 is 1.78 bits per heavy atom. The lowest BCUT2D eigenvalue weighted by Crippen LogP contribution is -2.38. The van der Waals surface area contributed by atoms with Crippen LogP contribution in [0.1, 0.15) is 60.9 Å². The van der Waals surface area contributed by atoms with Gasteiger partial charge < -0.3 is 10.1 Å². The minimum absolute atomic E-state index is 0.201. The lowest BCUT2D eigenvalue weighted by Gasteiger charge is -2.20. The summed E-state index contributed by atoms with van der Waals surface area (Å²) < 4.78 is 6.86. The van der Waals surface area contributed by atoms with Gasteiger partial charge in [0.15, 0.2) is 6.61 Å². The van der Waals surface area contributed by atoms with Gasteiger partial charge >= 0.3 is 5.97 Å². The van der Waals surface area contributed by atoms with Crippen LogP contribution in [-0.4, -0.2) is 39.3 Å². The molecule has 1 N–H and O–H groups in total. The molecule has 2 aromatic rings. The third kappa shape index (κ3) is 6.20. The van der Waals surface area contributed by atoms with E-state index in [2.05, 4.69) is 15.4 Å². The molecule has 1 aromatic heterocycles. The van der Waals surface area contributed by atoms with Crippen molar-refractivity contribution in [1.82, 2.24) is 20.1 Å². The van der Waals surface area contributed by atoms with Crippen LogP contribution >= 0.6 is 0 Å². The summed E-state index contributed by atoms with van der Waals surface area (Å²) in [5, 5.41) is 7.04. The van der Waals surface area contributed by atoms with E-state index in [-0.39, 0.29) is 18.6 Å². The molecule has 0 spiro atoms. The molecular formula is C20H26N4O3. The van der Waals surface area contributed by atoms with E-state index in [1.54, 1.807) is 23.1 Å². The summed E-state index contributed by atoms with van der Waals surface area (Å²) in [5.74, 6) is -0.716. The molecule has 144 valence electrons. The smallest absolute Gasteiger partial charge is 0.338 e. The fourth-order valence-electron chi connectivity index (χ4n) is 3.33. The zero-order valence-corrected chi connectivity index (χ0v) is 15.5. The fourth-order valence-corrected chi connectivity index (χ4v) is 3.33. The number of carbonyl (C=O) groups is 2.